The first kappa shape index (κ1) is 8.81. The Bertz CT molecular complexity index is 443. The van der Waals surface area contributed by atoms with Crippen molar-refractivity contribution in [3.05, 3.63) is 36.0 Å². The van der Waals surface area contributed by atoms with E-state index in [-0.39, 0.29) is 0 Å². The summed E-state index contributed by atoms with van der Waals surface area (Å²) in [5, 5.41) is 4.18. The minimum Gasteiger partial charge on any atom is -0.382 e. The molecule has 0 radical (unpaired) electrons. The summed E-state index contributed by atoms with van der Waals surface area (Å²) in [6.45, 7) is 2.02. The Morgan fingerprint density at radius 1 is 1.21 bits per heavy atom. The van der Waals surface area contributed by atoms with Crippen LogP contribution in [0.4, 0.5) is 5.82 Å². The number of hydrogen-bond acceptors (Lipinski definition) is 2. The van der Waals surface area contributed by atoms with Gasteiger partial charge in [0.05, 0.1) is 0 Å². The zero-order valence-electron chi connectivity index (χ0n) is 8.36. The first-order chi connectivity index (χ1) is 6.70. The van der Waals surface area contributed by atoms with E-state index in [0.29, 0.717) is 5.82 Å². The van der Waals surface area contributed by atoms with Gasteiger partial charge in [0.15, 0.2) is 5.82 Å². The molecule has 72 valence electrons. The number of nitrogens with two attached hydrogens (primary N) is 1. The van der Waals surface area contributed by atoms with E-state index in [1.165, 1.54) is 0 Å². The predicted molar refractivity (Wildman–Crippen MR) is 57.8 cm³/mol. The molecule has 0 atom stereocenters. The van der Waals surface area contributed by atoms with Crippen molar-refractivity contribution >= 4 is 5.82 Å². The van der Waals surface area contributed by atoms with Crippen LogP contribution in [0.3, 0.4) is 0 Å². The summed E-state index contributed by atoms with van der Waals surface area (Å²) in [7, 11) is 1.90. The van der Waals surface area contributed by atoms with E-state index < -0.39 is 0 Å². The van der Waals surface area contributed by atoms with Crippen LogP contribution >= 0.6 is 0 Å². The lowest BCUT2D eigenvalue weighted by Crippen LogP contribution is -1.93. The molecule has 0 fully saturated rings. The maximum absolute atomic E-state index is 5.84. The summed E-state index contributed by atoms with van der Waals surface area (Å²) >= 11 is 0. The van der Waals surface area contributed by atoms with Gasteiger partial charge in [-0.2, -0.15) is 5.10 Å². The van der Waals surface area contributed by atoms with Crippen molar-refractivity contribution in [2.45, 2.75) is 6.92 Å². The van der Waals surface area contributed by atoms with Crippen LogP contribution in [-0.2, 0) is 7.05 Å². The largest absolute Gasteiger partial charge is 0.382 e. The molecule has 2 aromatic rings. The Balaban J connectivity index is 2.62. The molecule has 0 spiro atoms. The number of nitrogen functional groups attached to an aromatic ring is 1. The number of rotatable bonds is 1. The highest BCUT2D eigenvalue weighted by Gasteiger charge is 2.11. The van der Waals surface area contributed by atoms with E-state index in [1.54, 1.807) is 4.68 Å². The molecule has 0 saturated heterocycles. The molecule has 0 bridgehead atoms. The molecule has 3 heteroatoms. The third kappa shape index (κ3) is 1.27. The number of nitrogens with zero attached hydrogens (tertiary/aromatic N) is 2. The Kier molecular flexibility index (Phi) is 2.00. The van der Waals surface area contributed by atoms with Gasteiger partial charge in [-0.15, -0.1) is 0 Å². The maximum atomic E-state index is 5.84. The van der Waals surface area contributed by atoms with Crippen LogP contribution in [0.25, 0.3) is 11.1 Å². The number of aryl methyl sites for hydroxylation is 1. The monoisotopic (exact) mass is 187 g/mol. The lowest BCUT2D eigenvalue weighted by Gasteiger charge is -2.00. The average Bonchev–Trinajstić information content (AvgIpc) is 2.43. The molecule has 0 aliphatic rings. The van der Waals surface area contributed by atoms with Gasteiger partial charge in [-0.3, -0.25) is 4.68 Å². The summed E-state index contributed by atoms with van der Waals surface area (Å²) in [6.07, 6.45) is 0. The lowest BCUT2D eigenvalue weighted by atomic mass is 10.1. The van der Waals surface area contributed by atoms with Crippen LogP contribution in [0.5, 0.6) is 0 Å². The summed E-state index contributed by atoms with van der Waals surface area (Å²) < 4.78 is 1.80. The zero-order chi connectivity index (χ0) is 10.1. The first-order valence-electron chi connectivity index (χ1n) is 4.54. The van der Waals surface area contributed by atoms with Gasteiger partial charge in [0.2, 0.25) is 0 Å². The highest BCUT2D eigenvalue weighted by atomic mass is 15.3. The Hall–Kier alpha value is -1.77. The molecule has 3 nitrogen and oxygen atoms in total. The van der Waals surface area contributed by atoms with Crippen LogP contribution in [0.1, 0.15) is 5.69 Å². The quantitative estimate of drug-likeness (QED) is 0.741. The van der Waals surface area contributed by atoms with E-state index in [2.05, 4.69) is 5.10 Å². The normalized spacial score (nSPS) is 10.4. The number of anilines is 1. The summed E-state index contributed by atoms with van der Waals surface area (Å²) in [5.74, 6) is 0.594. The second-order valence-corrected chi connectivity index (χ2v) is 3.34. The van der Waals surface area contributed by atoms with E-state index in [9.17, 15) is 0 Å². The van der Waals surface area contributed by atoms with Crippen molar-refractivity contribution in [1.29, 1.82) is 0 Å². The SMILES string of the molecule is Cc1c(-c2ccccc2)c(N)nn1C. The Labute approximate surface area is 83.2 Å². The van der Waals surface area contributed by atoms with Crippen molar-refractivity contribution in [1.82, 2.24) is 9.78 Å². The first-order valence-corrected chi connectivity index (χ1v) is 4.54. The third-order valence-corrected chi connectivity index (χ3v) is 2.42. The fourth-order valence-electron chi connectivity index (χ4n) is 1.60. The molecule has 0 aliphatic heterocycles. The molecular formula is C11H13N3. The van der Waals surface area contributed by atoms with Gasteiger partial charge in [0.1, 0.15) is 0 Å². The van der Waals surface area contributed by atoms with Crippen molar-refractivity contribution in [3.63, 3.8) is 0 Å². The fourth-order valence-corrected chi connectivity index (χ4v) is 1.60. The van der Waals surface area contributed by atoms with E-state index in [4.69, 9.17) is 5.73 Å². The molecule has 2 rings (SSSR count). The Morgan fingerprint density at radius 2 is 1.86 bits per heavy atom. The van der Waals surface area contributed by atoms with E-state index >= 15 is 0 Å². The fraction of sp³-hybridized carbons (Fsp3) is 0.182. The number of hydrogen-bond donors (Lipinski definition) is 1. The highest BCUT2D eigenvalue weighted by molar-refractivity contribution is 5.76. The molecule has 0 saturated carbocycles. The molecule has 1 aromatic heterocycles. The second kappa shape index (κ2) is 3.18. The number of aromatic nitrogens is 2. The van der Waals surface area contributed by atoms with Crippen LogP contribution < -0.4 is 5.73 Å². The van der Waals surface area contributed by atoms with Crippen molar-refractivity contribution in [2.24, 2.45) is 7.05 Å². The minimum atomic E-state index is 0.594. The van der Waals surface area contributed by atoms with Gasteiger partial charge in [0.25, 0.3) is 0 Å². The Morgan fingerprint density at radius 3 is 2.36 bits per heavy atom. The number of benzene rings is 1. The van der Waals surface area contributed by atoms with Crippen LogP contribution in [0.15, 0.2) is 30.3 Å². The second-order valence-electron chi connectivity index (χ2n) is 3.34. The molecule has 0 unspecified atom stereocenters. The van der Waals surface area contributed by atoms with Crippen LogP contribution in [-0.4, -0.2) is 9.78 Å². The van der Waals surface area contributed by atoms with E-state index in [1.807, 2.05) is 44.3 Å². The molecule has 0 aliphatic carbocycles. The van der Waals surface area contributed by atoms with Crippen molar-refractivity contribution < 1.29 is 0 Å². The highest BCUT2D eigenvalue weighted by Crippen LogP contribution is 2.27. The molecule has 14 heavy (non-hydrogen) atoms. The molecular weight excluding hydrogens is 174 g/mol. The van der Waals surface area contributed by atoms with Gasteiger partial charge in [-0.05, 0) is 12.5 Å². The molecule has 0 amide bonds. The molecule has 2 N–H and O–H groups in total. The summed E-state index contributed by atoms with van der Waals surface area (Å²) in [6, 6.07) is 10.1. The standard InChI is InChI=1S/C11H13N3/c1-8-10(11(12)13-14(8)2)9-6-4-3-5-7-9/h3-7H,1-2H3,(H2,12,13). The van der Waals surface area contributed by atoms with E-state index in [0.717, 1.165) is 16.8 Å². The predicted octanol–water partition coefficient (Wildman–Crippen LogP) is 1.98. The average molecular weight is 187 g/mol. The smallest absolute Gasteiger partial charge is 0.153 e. The summed E-state index contributed by atoms with van der Waals surface area (Å²) in [5.41, 5.74) is 9.09. The van der Waals surface area contributed by atoms with Gasteiger partial charge in [0, 0.05) is 18.3 Å². The van der Waals surface area contributed by atoms with Gasteiger partial charge >= 0.3 is 0 Å². The third-order valence-electron chi connectivity index (χ3n) is 2.42. The van der Waals surface area contributed by atoms with Crippen molar-refractivity contribution in [2.75, 3.05) is 5.73 Å². The van der Waals surface area contributed by atoms with Crippen molar-refractivity contribution in [3.8, 4) is 11.1 Å². The van der Waals surface area contributed by atoms with Crippen LogP contribution in [0.2, 0.25) is 0 Å². The molecule has 1 aromatic carbocycles. The molecule has 1 heterocycles. The van der Waals surface area contributed by atoms with Crippen LogP contribution in [0, 0.1) is 6.92 Å². The minimum absolute atomic E-state index is 0.594. The lowest BCUT2D eigenvalue weighted by molar-refractivity contribution is 0.744. The van der Waals surface area contributed by atoms with Gasteiger partial charge < -0.3 is 5.73 Å². The maximum Gasteiger partial charge on any atom is 0.153 e. The van der Waals surface area contributed by atoms with Gasteiger partial charge in [-0.1, -0.05) is 30.3 Å². The topological polar surface area (TPSA) is 43.8 Å². The summed E-state index contributed by atoms with van der Waals surface area (Å²) in [4.78, 5) is 0. The zero-order valence-corrected chi connectivity index (χ0v) is 8.36. The van der Waals surface area contributed by atoms with Gasteiger partial charge in [-0.25, -0.2) is 0 Å².